The number of Topliss-reactive ketones (excluding diaryl/α,β-unsaturated/α-hetero) is 1. The number of ketones is 1. The molecule has 0 aliphatic carbocycles. The fourth-order valence-electron chi connectivity index (χ4n) is 0.728. The Kier molecular flexibility index (Phi) is 4.25. The zero-order valence-electron chi connectivity index (χ0n) is 7.59. The van der Waals surface area contributed by atoms with Gasteiger partial charge in [-0.05, 0) is 6.92 Å². The summed E-state index contributed by atoms with van der Waals surface area (Å²) in [7, 11) is 0. The Morgan fingerprint density at radius 2 is 1.80 bits per heavy atom. The number of rotatable bonds is 4. The Balaban J connectivity index is 4.50. The molecular formula is C7H8F3NO4. The zero-order valence-corrected chi connectivity index (χ0v) is 7.59. The molecule has 0 saturated carbocycles. The number of hydrogen-bond acceptors (Lipinski definition) is 3. The van der Waals surface area contributed by atoms with Gasteiger partial charge in [-0.25, -0.2) is 4.79 Å². The molecular weight excluding hydrogens is 219 g/mol. The van der Waals surface area contributed by atoms with Gasteiger partial charge in [-0.2, -0.15) is 13.2 Å². The molecule has 0 radical (unpaired) electrons. The van der Waals surface area contributed by atoms with Crippen molar-refractivity contribution in [2.45, 2.75) is 25.6 Å². The van der Waals surface area contributed by atoms with Crippen molar-refractivity contribution in [1.29, 1.82) is 0 Å². The van der Waals surface area contributed by atoms with Crippen LogP contribution in [0, 0.1) is 0 Å². The Hall–Kier alpha value is -1.60. The van der Waals surface area contributed by atoms with Crippen LogP contribution in [0.15, 0.2) is 0 Å². The first-order valence-electron chi connectivity index (χ1n) is 3.74. The first-order valence-corrected chi connectivity index (χ1v) is 3.74. The first kappa shape index (κ1) is 13.4. The average Bonchev–Trinajstić information content (AvgIpc) is 1.99. The molecule has 0 aromatic carbocycles. The first-order chi connectivity index (χ1) is 6.64. The number of hydrogen-bond donors (Lipinski definition) is 2. The van der Waals surface area contributed by atoms with Crippen molar-refractivity contribution in [3.05, 3.63) is 0 Å². The molecule has 0 aromatic heterocycles. The van der Waals surface area contributed by atoms with E-state index in [1.54, 1.807) is 0 Å². The van der Waals surface area contributed by atoms with Crippen molar-refractivity contribution in [3.8, 4) is 0 Å². The second-order valence-corrected chi connectivity index (χ2v) is 2.77. The van der Waals surface area contributed by atoms with E-state index in [1.165, 1.54) is 5.32 Å². The van der Waals surface area contributed by atoms with Gasteiger partial charge in [-0.3, -0.25) is 9.59 Å². The smallest absolute Gasteiger partial charge is 0.471 e. The summed E-state index contributed by atoms with van der Waals surface area (Å²) in [5, 5.41) is 9.61. The molecule has 0 aromatic rings. The molecule has 2 N–H and O–H groups in total. The van der Waals surface area contributed by atoms with Gasteiger partial charge in [0.15, 0.2) is 0 Å². The molecule has 0 rings (SSSR count). The highest BCUT2D eigenvalue weighted by atomic mass is 19.4. The van der Waals surface area contributed by atoms with Crippen LogP contribution in [0.3, 0.4) is 0 Å². The molecule has 0 aliphatic rings. The van der Waals surface area contributed by atoms with Crippen LogP contribution in [0.5, 0.6) is 0 Å². The minimum absolute atomic E-state index is 0.634. The van der Waals surface area contributed by atoms with Crippen LogP contribution >= 0.6 is 0 Å². The minimum atomic E-state index is -5.16. The van der Waals surface area contributed by atoms with Gasteiger partial charge >= 0.3 is 18.1 Å². The highest BCUT2D eigenvalue weighted by Gasteiger charge is 2.40. The van der Waals surface area contributed by atoms with Crippen molar-refractivity contribution in [3.63, 3.8) is 0 Å². The van der Waals surface area contributed by atoms with Crippen molar-refractivity contribution < 1.29 is 32.7 Å². The molecule has 0 aliphatic heterocycles. The molecule has 0 spiro atoms. The molecule has 86 valence electrons. The van der Waals surface area contributed by atoms with Gasteiger partial charge in [0, 0.05) is 6.42 Å². The lowest BCUT2D eigenvalue weighted by molar-refractivity contribution is -0.175. The predicted molar refractivity (Wildman–Crippen MR) is 40.9 cm³/mol. The van der Waals surface area contributed by atoms with E-state index in [-0.39, 0.29) is 0 Å². The van der Waals surface area contributed by atoms with Crippen molar-refractivity contribution >= 4 is 17.7 Å². The molecule has 0 unspecified atom stereocenters. The Morgan fingerprint density at radius 1 is 1.33 bits per heavy atom. The molecule has 0 fully saturated rings. The third kappa shape index (κ3) is 4.99. The van der Waals surface area contributed by atoms with Gasteiger partial charge < -0.3 is 10.4 Å². The normalized spacial score (nSPS) is 13.1. The highest BCUT2D eigenvalue weighted by Crippen LogP contribution is 2.14. The Morgan fingerprint density at radius 3 is 2.07 bits per heavy atom. The summed E-state index contributed by atoms with van der Waals surface area (Å²) in [5.74, 6) is -4.70. The van der Waals surface area contributed by atoms with Crippen LogP contribution in [0.2, 0.25) is 0 Å². The number of amides is 1. The van der Waals surface area contributed by atoms with E-state index in [0.717, 1.165) is 6.92 Å². The summed E-state index contributed by atoms with van der Waals surface area (Å²) >= 11 is 0. The number of carboxylic acids is 1. The molecule has 8 heteroatoms. The maximum atomic E-state index is 11.7. The van der Waals surface area contributed by atoms with Gasteiger partial charge in [0.25, 0.3) is 0 Å². The highest BCUT2D eigenvalue weighted by molar-refractivity contribution is 5.90. The number of halogens is 3. The Labute approximate surface area is 82.3 Å². The van der Waals surface area contributed by atoms with Gasteiger partial charge in [-0.15, -0.1) is 0 Å². The monoisotopic (exact) mass is 227 g/mol. The van der Waals surface area contributed by atoms with Gasteiger partial charge in [0.2, 0.25) is 0 Å². The predicted octanol–water partition coefficient (Wildman–Crippen LogP) is 0.0972. The largest absolute Gasteiger partial charge is 0.480 e. The van der Waals surface area contributed by atoms with Crippen LogP contribution < -0.4 is 5.32 Å². The van der Waals surface area contributed by atoms with Gasteiger partial charge in [-0.1, -0.05) is 0 Å². The van der Waals surface area contributed by atoms with E-state index < -0.39 is 36.3 Å². The number of carbonyl (C=O) groups is 3. The van der Waals surface area contributed by atoms with E-state index in [9.17, 15) is 27.6 Å². The molecule has 15 heavy (non-hydrogen) atoms. The third-order valence-electron chi connectivity index (χ3n) is 1.35. The maximum absolute atomic E-state index is 11.7. The minimum Gasteiger partial charge on any atom is -0.480 e. The number of nitrogens with one attached hydrogen (secondary N) is 1. The lowest BCUT2D eigenvalue weighted by atomic mass is 10.1. The van der Waals surface area contributed by atoms with Crippen LogP contribution in [0.4, 0.5) is 13.2 Å². The maximum Gasteiger partial charge on any atom is 0.471 e. The van der Waals surface area contributed by atoms with E-state index in [0.29, 0.717) is 0 Å². The molecule has 5 nitrogen and oxygen atoms in total. The summed E-state index contributed by atoms with van der Waals surface area (Å²) < 4.78 is 35.2. The van der Waals surface area contributed by atoms with Crippen molar-refractivity contribution in [1.82, 2.24) is 5.32 Å². The van der Waals surface area contributed by atoms with E-state index in [2.05, 4.69) is 0 Å². The van der Waals surface area contributed by atoms with Crippen LogP contribution in [-0.4, -0.2) is 35.0 Å². The molecule has 1 amide bonds. The second-order valence-electron chi connectivity index (χ2n) is 2.77. The third-order valence-corrected chi connectivity index (χ3v) is 1.35. The number of carbonyl (C=O) groups excluding carboxylic acids is 2. The van der Waals surface area contributed by atoms with Crippen molar-refractivity contribution in [2.24, 2.45) is 0 Å². The molecule has 0 heterocycles. The zero-order chi connectivity index (χ0) is 12.2. The number of carboxylic acid groups (broad SMARTS) is 1. The summed E-state index contributed by atoms with van der Waals surface area (Å²) in [4.78, 5) is 31.2. The second kappa shape index (κ2) is 4.76. The summed E-state index contributed by atoms with van der Waals surface area (Å²) in [6.07, 6.45) is -5.85. The average molecular weight is 227 g/mol. The van der Waals surface area contributed by atoms with E-state index >= 15 is 0 Å². The molecule has 1 atom stereocenters. The lowest BCUT2D eigenvalue weighted by Crippen LogP contribution is -2.47. The number of alkyl halides is 3. The quantitative estimate of drug-likeness (QED) is 0.713. The summed E-state index contributed by atoms with van der Waals surface area (Å²) in [5.41, 5.74) is 0. The van der Waals surface area contributed by atoms with E-state index in [4.69, 9.17) is 5.11 Å². The van der Waals surface area contributed by atoms with E-state index in [1.807, 2.05) is 0 Å². The summed E-state index contributed by atoms with van der Waals surface area (Å²) in [6, 6.07) is -1.85. The molecule has 0 bridgehead atoms. The topological polar surface area (TPSA) is 83.5 Å². The van der Waals surface area contributed by atoms with Crippen LogP contribution in [0.25, 0.3) is 0 Å². The fraction of sp³-hybridized carbons (Fsp3) is 0.571. The molecule has 0 saturated heterocycles. The van der Waals surface area contributed by atoms with Crippen LogP contribution in [-0.2, 0) is 14.4 Å². The van der Waals surface area contributed by atoms with Gasteiger partial charge in [0.1, 0.15) is 11.8 Å². The van der Waals surface area contributed by atoms with Crippen molar-refractivity contribution in [2.75, 3.05) is 0 Å². The standard InChI is InChI=1S/C7H8F3NO4/c1-3(12)2-4(5(13)14)11-6(15)7(8,9)10/h4H,2H2,1H3,(H,11,15)(H,13,14)/t4-/m0/s1. The lowest BCUT2D eigenvalue weighted by Gasteiger charge is -2.13. The van der Waals surface area contributed by atoms with Crippen LogP contribution in [0.1, 0.15) is 13.3 Å². The number of aliphatic carboxylic acids is 1. The Bertz CT molecular complexity index is 286. The SMILES string of the molecule is CC(=O)C[C@H](NC(=O)C(F)(F)F)C(=O)O. The fourth-order valence-corrected chi connectivity index (χ4v) is 0.728. The van der Waals surface area contributed by atoms with Gasteiger partial charge in [0.05, 0.1) is 0 Å². The summed E-state index contributed by atoms with van der Waals surface area (Å²) in [6.45, 7) is 1.01.